The molecule has 1 aromatic carbocycles. The second-order valence-electron chi connectivity index (χ2n) is 5.30. The molecule has 106 valence electrons. The number of hydrogen-bond donors (Lipinski definition) is 1. The van der Waals surface area contributed by atoms with E-state index >= 15 is 0 Å². The first kappa shape index (κ1) is 13.4. The molecule has 0 fully saturated rings. The Labute approximate surface area is 124 Å². The number of aryl methyl sites for hydroxylation is 1. The van der Waals surface area contributed by atoms with Crippen molar-refractivity contribution in [2.24, 2.45) is 0 Å². The van der Waals surface area contributed by atoms with E-state index in [9.17, 15) is 0 Å². The molecule has 0 aliphatic rings. The van der Waals surface area contributed by atoms with Gasteiger partial charge in [0.15, 0.2) is 0 Å². The summed E-state index contributed by atoms with van der Waals surface area (Å²) in [5.74, 6) is 0.845. The zero-order valence-electron chi connectivity index (χ0n) is 12.5. The predicted molar refractivity (Wildman–Crippen MR) is 88.3 cm³/mol. The zero-order chi connectivity index (χ0) is 14.8. The first-order chi connectivity index (χ1) is 10.1. The van der Waals surface area contributed by atoms with Gasteiger partial charge in [0.1, 0.15) is 5.82 Å². The van der Waals surface area contributed by atoms with Crippen LogP contribution in [0.2, 0.25) is 0 Å². The van der Waals surface area contributed by atoms with Crippen LogP contribution in [0.15, 0.2) is 48.8 Å². The molecule has 0 spiro atoms. The fraction of sp³-hybridized carbons (Fsp3) is 0.176. The summed E-state index contributed by atoms with van der Waals surface area (Å²) in [5, 5.41) is 4.46. The van der Waals surface area contributed by atoms with Crippen molar-refractivity contribution >= 4 is 28.1 Å². The van der Waals surface area contributed by atoms with E-state index in [0.29, 0.717) is 0 Å². The average molecular weight is 278 g/mol. The van der Waals surface area contributed by atoms with E-state index in [2.05, 4.69) is 39.2 Å². The SMILES string of the molecule is Cc1ccnc(Nc2ccc3c(N(C)C)ccnc3c2)c1. The molecule has 4 nitrogen and oxygen atoms in total. The summed E-state index contributed by atoms with van der Waals surface area (Å²) < 4.78 is 0. The molecule has 0 aliphatic heterocycles. The molecule has 0 amide bonds. The first-order valence-electron chi connectivity index (χ1n) is 6.89. The lowest BCUT2D eigenvalue weighted by atomic mass is 10.1. The highest BCUT2D eigenvalue weighted by Gasteiger charge is 2.05. The Bertz CT molecular complexity index is 781. The summed E-state index contributed by atoms with van der Waals surface area (Å²) >= 11 is 0. The lowest BCUT2D eigenvalue weighted by Crippen LogP contribution is -2.09. The molecule has 3 aromatic rings. The maximum atomic E-state index is 4.46. The molecular formula is C17H18N4. The van der Waals surface area contributed by atoms with Gasteiger partial charge < -0.3 is 10.2 Å². The Kier molecular flexibility index (Phi) is 3.44. The van der Waals surface area contributed by atoms with Gasteiger partial charge in [0.25, 0.3) is 0 Å². The second kappa shape index (κ2) is 5.40. The smallest absolute Gasteiger partial charge is 0.130 e. The van der Waals surface area contributed by atoms with Crippen LogP contribution >= 0.6 is 0 Å². The van der Waals surface area contributed by atoms with Crippen LogP contribution in [0.4, 0.5) is 17.2 Å². The minimum Gasteiger partial charge on any atom is -0.377 e. The highest BCUT2D eigenvalue weighted by molar-refractivity contribution is 5.93. The minimum atomic E-state index is 0.845. The van der Waals surface area contributed by atoms with Gasteiger partial charge in [-0.05, 0) is 48.9 Å². The number of anilines is 3. The lowest BCUT2D eigenvalue weighted by Gasteiger charge is -2.15. The minimum absolute atomic E-state index is 0.845. The van der Waals surface area contributed by atoms with Crippen molar-refractivity contribution in [1.82, 2.24) is 9.97 Å². The topological polar surface area (TPSA) is 41.1 Å². The molecule has 0 aliphatic carbocycles. The highest BCUT2D eigenvalue weighted by Crippen LogP contribution is 2.27. The normalized spacial score (nSPS) is 10.6. The third-order valence-electron chi connectivity index (χ3n) is 3.39. The van der Waals surface area contributed by atoms with Crippen LogP contribution in [0, 0.1) is 6.92 Å². The van der Waals surface area contributed by atoms with Crippen LogP contribution in [0.1, 0.15) is 5.56 Å². The van der Waals surface area contributed by atoms with Gasteiger partial charge in [0.05, 0.1) is 5.52 Å². The Morgan fingerprint density at radius 2 is 1.76 bits per heavy atom. The summed E-state index contributed by atoms with van der Waals surface area (Å²) in [6.45, 7) is 2.05. The molecule has 0 bridgehead atoms. The number of pyridine rings is 2. The van der Waals surface area contributed by atoms with E-state index in [0.717, 1.165) is 22.4 Å². The fourth-order valence-corrected chi connectivity index (χ4v) is 2.35. The van der Waals surface area contributed by atoms with E-state index in [4.69, 9.17) is 0 Å². The molecule has 2 heterocycles. The second-order valence-corrected chi connectivity index (χ2v) is 5.30. The lowest BCUT2D eigenvalue weighted by molar-refractivity contribution is 1.14. The van der Waals surface area contributed by atoms with Crippen LogP contribution in [-0.2, 0) is 0 Å². The van der Waals surface area contributed by atoms with Crippen molar-refractivity contribution < 1.29 is 0 Å². The number of rotatable bonds is 3. The van der Waals surface area contributed by atoms with Crippen molar-refractivity contribution in [3.05, 3.63) is 54.4 Å². The number of benzene rings is 1. The van der Waals surface area contributed by atoms with E-state index in [1.165, 1.54) is 11.3 Å². The molecule has 4 heteroatoms. The maximum Gasteiger partial charge on any atom is 0.130 e. The third-order valence-corrected chi connectivity index (χ3v) is 3.39. The van der Waals surface area contributed by atoms with Gasteiger partial charge in [-0.25, -0.2) is 4.98 Å². The van der Waals surface area contributed by atoms with Crippen LogP contribution in [0.3, 0.4) is 0 Å². The Morgan fingerprint density at radius 1 is 0.952 bits per heavy atom. The highest BCUT2D eigenvalue weighted by atomic mass is 15.1. The molecule has 1 N–H and O–H groups in total. The summed E-state index contributed by atoms with van der Waals surface area (Å²) in [6.07, 6.45) is 3.65. The van der Waals surface area contributed by atoms with Crippen molar-refractivity contribution in [1.29, 1.82) is 0 Å². The Morgan fingerprint density at radius 3 is 2.52 bits per heavy atom. The third kappa shape index (κ3) is 2.79. The van der Waals surface area contributed by atoms with E-state index < -0.39 is 0 Å². The molecule has 3 rings (SSSR count). The quantitative estimate of drug-likeness (QED) is 0.792. The van der Waals surface area contributed by atoms with Gasteiger partial charge in [-0.2, -0.15) is 0 Å². The average Bonchev–Trinajstić information content (AvgIpc) is 2.46. The van der Waals surface area contributed by atoms with Gasteiger partial charge in [-0.15, -0.1) is 0 Å². The van der Waals surface area contributed by atoms with Gasteiger partial charge >= 0.3 is 0 Å². The largest absolute Gasteiger partial charge is 0.377 e. The molecule has 0 radical (unpaired) electrons. The van der Waals surface area contributed by atoms with Crippen molar-refractivity contribution in [3.8, 4) is 0 Å². The van der Waals surface area contributed by atoms with Crippen molar-refractivity contribution in [3.63, 3.8) is 0 Å². The molecule has 0 atom stereocenters. The van der Waals surface area contributed by atoms with Crippen LogP contribution in [0.5, 0.6) is 0 Å². The van der Waals surface area contributed by atoms with E-state index in [1.807, 2.05) is 44.6 Å². The monoisotopic (exact) mass is 278 g/mol. The zero-order valence-corrected chi connectivity index (χ0v) is 12.5. The molecule has 2 aromatic heterocycles. The van der Waals surface area contributed by atoms with Gasteiger partial charge in [0.2, 0.25) is 0 Å². The Balaban J connectivity index is 1.98. The van der Waals surface area contributed by atoms with Gasteiger partial charge in [-0.1, -0.05) is 0 Å². The first-order valence-corrected chi connectivity index (χ1v) is 6.89. The van der Waals surface area contributed by atoms with Crippen LogP contribution in [0.25, 0.3) is 10.9 Å². The van der Waals surface area contributed by atoms with Crippen molar-refractivity contribution in [2.45, 2.75) is 6.92 Å². The fourth-order valence-electron chi connectivity index (χ4n) is 2.35. The van der Waals surface area contributed by atoms with Crippen molar-refractivity contribution in [2.75, 3.05) is 24.3 Å². The van der Waals surface area contributed by atoms with Crippen LogP contribution in [-0.4, -0.2) is 24.1 Å². The van der Waals surface area contributed by atoms with E-state index in [1.54, 1.807) is 6.20 Å². The summed E-state index contributed by atoms with van der Waals surface area (Å²) in [7, 11) is 4.08. The number of aromatic nitrogens is 2. The number of nitrogens with zero attached hydrogens (tertiary/aromatic N) is 3. The molecule has 21 heavy (non-hydrogen) atoms. The molecule has 0 saturated carbocycles. The van der Waals surface area contributed by atoms with E-state index in [-0.39, 0.29) is 0 Å². The number of fused-ring (bicyclic) bond motifs is 1. The Hall–Kier alpha value is -2.62. The van der Waals surface area contributed by atoms with Gasteiger partial charge in [-0.3, -0.25) is 4.98 Å². The predicted octanol–water partition coefficient (Wildman–Crippen LogP) is 3.75. The molecule has 0 saturated heterocycles. The number of hydrogen-bond acceptors (Lipinski definition) is 4. The summed E-state index contributed by atoms with van der Waals surface area (Å²) in [4.78, 5) is 10.9. The van der Waals surface area contributed by atoms with Crippen LogP contribution < -0.4 is 10.2 Å². The standard InChI is InChI=1S/C17H18N4/c1-12-6-8-19-17(10-12)20-13-4-5-14-15(11-13)18-9-7-16(14)21(2)3/h4-11H,1-3H3,(H,19,20). The molecular weight excluding hydrogens is 260 g/mol. The maximum absolute atomic E-state index is 4.46. The molecule has 0 unspecified atom stereocenters. The van der Waals surface area contributed by atoms with Gasteiger partial charge in [0, 0.05) is 43.3 Å². The number of nitrogens with one attached hydrogen (secondary N) is 1. The summed E-state index contributed by atoms with van der Waals surface area (Å²) in [6, 6.07) is 12.2. The summed E-state index contributed by atoms with van der Waals surface area (Å²) in [5.41, 5.74) is 4.31.